The van der Waals surface area contributed by atoms with E-state index in [-0.39, 0.29) is 0 Å². The minimum absolute atomic E-state index is 0.316. The number of aromatic nitrogens is 2. The molecule has 3 rings (SSSR count). The highest BCUT2D eigenvalue weighted by atomic mass is 35.5. The van der Waals surface area contributed by atoms with Crippen LogP contribution in [0.5, 0.6) is 0 Å². The Morgan fingerprint density at radius 3 is 2.54 bits per heavy atom. The summed E-state index contributed by atoms with van der Waals surface area (Å²) in [6.07, 6.45) is -2.74. The van der Waals surface area contributed by atoms with E-state index >= 15 is 0 Å². The standard InChI is InChI=1S/C17H13ClF3N3/c1-24-15(11-4-2-6-13(18)8-11)10-22-16(24)23-14-7-3-5-12(9-14)17(19,20)21/h2-10H,1H3,(H,22,23). The summed E-state index contributed by atoms with van der Waals surface area (Å²) in [5, 5.41) is 3.51. The number of alkyl halides is 3. The molecule has 0 atom stereocenters. The van der Waals surface area contributed by atoms with Crippen molar-refractivity contribution in [1.82, 2.24) is 9.55 Å². The third-order valence-corrected chi connectivity index (χ3v) is 3.79. The van der Waals surface area contributed by atoms with Gasteiger partial charge in [-0.15, -0.1) is 0 Å². The number of imidazole rings is 1. The number of benzene rings is 2. The van der Waals surface area contributed by atoms with Crippen molar-refractivity contribution >= 4 is 23.2 Å². The van der Waals surface area contributed by atoms with Crippen molar-refractivity contribution in [3.05, 3.63) is 65.3 Å². The van der Waals surface area contributed by atoms with Gasteiger partial charge < -0.3 is 9.88 Å². The van der Waals surface area contributed by atoms with E-state index in [0.29, 0.717) is 16.7 Å². The van der Waals surface area contributed by atoms with Crippen molar-refractivity contribution in [1.29, 1.82) is 0 Å². The Balaban J connectivity index is 1.90. The lowest BCUT2D eigenvalue weighted by Gasteiger charge is -2.11. The molecule has 0 spiro atoms. The molecule has 124 valence electrons. The van der Waals surface area contributed by atoms with Crippen molar-refractivity contribution in [3.63, 3.8) is 0 Å². The first-order chi connectivity index (χ1) is 11.3. The summed E-state index contributed by atoms with van der Waals surface area (Å²) in [4.78, 5) is 4.24. The third kappa shape index (κ3) is 3.38. The molecule has 2 aromatic carbocycles. The Bertz CT molecular complexity index is 872. The number of anilines is 2. The molecule has 0 fully saturated rings. The smallest absolute Gasteiger partial charge is 0.326 e. The third-order valence-electron chi connectivity index (χ3n) is 3.55. The Morgan fingerprint density at radius 1 is 1.08 bits per heavy atom. The molecule has 0 unspecified atom stereocenters. The molecular formula is C17H13ClF3N3. The van der Waals surface area contributed by atoms with Crippen molar-refractivity contribution in [2.24, 2.45) is 7.05 Å². The van der Waals surface area contributed by atoms with Gasteiger partial charge in [0.1, 0.15) is 0 Å². The second-order valence-electron chi connectivity index (χ2n) is 5.24. The highest BCUT2D eigenvalue weighted by molar-refractivity contribution is 6.30. The molecular weight excluding hydrogens is 339 g/mol. The summed E-state index contributed by atoms with van der Waals surface area (Å²) >= 11 is 5.99. The minimum atomic E-state index is -4.38. The molecule has 3 aromatic rings. The van der Waals surface area contributed by atoms with E-state index in [1.807, 2.05) is 12.1 Å². The van der Waals surface area contributed by atoms with Crippen LogP contribution < -0.4 is 5.32 Å². The number of rotatable bonds is 3. The zero-order chi connectivity index (χ0) is 17.3. The van der Waals surface area contributed by atoms with Crippen LogP contribution >= 0.6 is 11.6 Å². The summed E-state index contributed by atoms with van der Waals surface area (Å²) in [6, 6.07) is 12.3. The maximum Gasteiger partial charge on any atom is 0.416 e. The van der Waals surface area contributed by atoms with Gasteiger partial charge in [0.2, 0.25) is 5.95 Å². The normalized spacial score (nSPS) is 11.5. The van der Waals surface area contributed by atoms with Crippen molar-refractivity contribution in [2.75, 3.05) is 5.32 Å². The van der Waals surface area contributed by atoms with Crippen molar-refractivity contribution < 1.29 is 13.2 Å². The topological polar surface area (TPSA) is 29.9 Å². The molecule has 24 heavy (non-hydrogen) atoms. The molecule has 0 aliphatic carbocycles. The Kier molecular flexibility index (Phi) is 4.24. The van der Waals surface area contributed by atoms with Gasteiger partial charge in [-0.05, 0) is 30.3 Å². The van der Waals surface area contributed by atoms with Crippen LogP contribution in [-0.2, 0) is 13.2 Å². The van der Waals surface area contributed by atoms with Crippen LogP contribution in [0.15, 0.2) is 54.7 Å². The number of halogens is 4. The predicted octanol–water partition coefficient (Wildman–Crippen LogP) is 5.50. The van der Waals surface area contributed by atoms with Crippen LogP contribution in [0, 0.1) is 0 Å². The average molecular weight is 352 g/mol. The SMILES string of the molecule is Cn1c(-c2cccc(Cl)c2)cnc1Nc1cccc(C(F)(F)F)c1. The largest absolute Gasteiger partial charge is 0.416 e. The average Bonchev–Trinajstić information content (AvgIpc) is 2.88. The van der Waals surface area contributed by atoms with E-state index in [9.17, 15) is 13.2 Å². The quantitative estimate of drug-likeness (QED) is 0.675. The fraction of sp³-hybridized carbons (Fsp3) is 0.118. The van der Waals surface area contributed by atoms with Gasteiger partial charge in [-0.3, -0.25) is 0 Å². The van der Waals surface area contributed by atoms with Gasteiger partial charge in [-0.1, -0.05) is 29.8 Å². The number of nitrogens with zero attached hydrogens (tertiary/aromatic N) is 2. The van der Waals surface area contributed by atoms with Crippen LogP contribution in [0.1, 0.15) is 5.56 Å². The molecule has 7 heteroatoms. The zero-order valence-corrected chi connectivity index (χ0v) is 13.4. The first-order valence-electron chi connectivity index (χ1n) is 7.06. The number of nitrogens with one attached hydrogen (secondary N) is 1. The van der Waals surface area contributed by atoms with Gasteiger partial charge in [-0.25, -0.2) is 4.98 Å². The summed E-state index contributed by atoms with van der Waals surface area (Å²) in [5.74, 6) is 0.435. The van der Waals surface area contributed by atoms with E-state index in [0.717, 1.165) is 23.4 Å². The first-order valence-corrected chi connectivity index (χ1v) is 7.44. The monoisotopic (exact) mass is 351 g/mol. The lowest BCUT2D eigenvalue weighted by Crippen LogP contribution is -2.06. The van der Waals surface area contributed by atoms with Crippen LogP contribution in [-0.4, -0.2) is 9.55 Å². The lowest BCUT2D eigenvalue weighted by molar-refractivity contribution is -0.137. The first kappa shape index (κ1) is 16.4. The van der Waals surface area contributed by atoms with Crippen LogP contribution in [0.4, 0.5) is 24.8 Å². The maximum absolute atomic E-state index is 12.8. The van der Waals surface area contributed by atoms with Crippen LogP contribution in [0.3, 0.4) is 0 Å². The molecule has 0 bridgehead atoms. The van der Waals surface area contributed by atoms with Gasteiger partial charge in [0.05, 0.1) is 17.5 Å². The second kappa shape index (κ2) is 6.20. The van der Waals surface area contributed by atoms with Crippen LogP contribution in [0.2, 0.25) is 5.02 Å². The second-order valence-corrected chi connectivity index (χ2v) is 5.68. The molecule has 0 aliphatic heterocycles. The van der Waals surface area contributed by atoms with Gasteiger partial charge in [-0.2, -0.15) is 13.2 Å². The van der Waals surface area contributed by atoms with Gasteiger partial charge in [0.25, 0.3) is 0 Å². The van der Waals surface area contributed by atoms with E-state index in [1.54, 1.807) is 36.0 Å². The van der Waals surface area contributed by atoms with E-state index < -0.39 is 11.7 Å². The highest BCUT2D eigenvalue weighted by Gasteiger charge is 2.30. The molecule has 0 amide bonds. The summed E-state index contributed by atoms with van der Waals surface area (Å²) in [7, 11) is 1.78. The minimum Gasteiger partial charge on any atom is -0.326 e. The van der Waals surface area contributed by atoms with E-state index in [4.69, 9.17) is 11.6 Å². The molecule has 3 nitrogen and oxygen atoms in total. The Hall–Kier alpha value is -2.47. The molecule has 0 saturated carbocycles. The number of hydrogen-bond acceptors (Lipinski definition) is 2. The van der Waals surface area contributed by atoms with Crippen LogP contribution in [0.25, 0.3) is 11.3 Å². The van der Waals surface area contributed by atoms with E-state index in [2.05, 4.69) is 10.3 Å². The summed E-state index contributed by atoms with van der Waals surface area (Å²) in [5.41, 5.74) is 1.27. The maximum atomic E-state index is 12.8. The number of hydrogen-bond donors (Lipinski definition) is 1. The Morgan fingerprint density at radius 2 is 1.83 bits per heavy atom. The predicted molar refractivity (Wildman–Crippen MR) is 88.4 cm³/mol. The molecule has 1 aromatic heterocycles. The summed E-state index contributed by atoms with van der Waals surface area (Å²) in [6.45, 7) is 0. The van der Waals surface area contributed by atoms with Crippen molar-refractivity contribution in [3.8, 4) is 11.3 Å². The van der Waals surface area contributed by atoms with Gasteiger partial charge in [0, 0.05) is 23.3 Å². The zero-order valence-electron chi connectivity index (χ0n) is 12.6. The fourth-order valence-corrected chi connectivity index (χ4v) is 2.53. The fourth-order valence-electron chi connectivity index (χ4n) is 2.34. The van der Waals surface area contributed by atoms with Gasteiger partial charge in [0.15, 0.2) is 0 Å². The molecule has 0 saturated heterocycles. The van der Waals surface area contributed by atoms with Gasteiger partial charge >= 0.3 is 6.18 Å². The summed E-state index contributed by atoms with van der Waals surface area (Å²) < 4.78 is 40.1. The van der Waals surface area contributed by atoms with Crippen molar-refractivity contribution in [2.45, 2.75) is 6.18 Å². The molecule has 0 aliphatic rings. The molecule has 1 heterocycles. The molecule has 0 radical (unpaired) electrons. The lowest BCUT2D eigenvalue weighted by atomic mass is 10.2. The Labute approximate surface area is 141 Å². The highest BCUT2D eigenvalue weighted by Crippen LogP contribution is 2.32. The molecule has 1 N–H and O–H groups in total. The van der Waals surface area contributed by atoms with E-state index in [1.165, 1.54) is 6.07 Å².